The highest BCUT2D eigenvalue weighted by molar-refractivity contribution is 5.85. The maximum Gasteiger partial charge on any atom is 0.326 e. The third-order valence-electron chi connectivity index (χ3n) is 2.33. The lowest BCUT2D eigenvalue weighted by Gasteiger charge is -2.20. The highest BCUT2D eigenvalue weighted by Gasteiger charge is 2.25. The first kappa shape index (κ1) is 14.7. The van der Waals surface area contributed by atoms with Crippen LogP contribution in [0, 0.1) is 11.8 Å². The number of amides is 1. The molecule has 4 heteroatoms. The molecule has 0 saturated heterocycles. The third kappa shape index (κ3) is 4.96. The second-order valence-corrected chi connectivity index (χ2v) is 4.63. The van der Waals surface area contributed by atoms with Gasteiger partial charge in [0.1, 0.15) is 6.04 Å². The summed E-state index contributed by atoms with van der Waals surface area (Å²) in [4.78, 5) is 22.6. The minimum absolute atomic E-state index is 0.126. The van der Waals surface area contributed by atoms with Crippen LogP contribution in [0.4, 0.5) is 0 Å². The number of carboxylic acids is 1. The van der Waals surface area contributed by atoms with Crippen molar-refractivity contribution in [2.75, 3.05) is 0 Å². The molecule has 0 bridgehead atoms. The van der Waals surface area contributed by atoms with Crippen LogP contribution in [0.3, 0.4) is 0 Å². The average molecular weight is 227 g/mol. The van der Waals surface area contributed by atoms with Gasteiger partial charge in [-0.05, 0) is 19.3 Å². The Labute approximate surface area is 96.7 Å². The van der Waals surface area contributed by atoms with E-state index in [4.69, 9.17) is 5.11 Å². The zero-order chi connectivity index (χ0) is 12.9. The van der Waals surface area contributed by atoms with Gasteiger partial charge >= 0.3 is 5.97 Å². The molecule has 1 amide bonds. The fourth-order valence-corrected chi connectivity index (χ4v) is 1.42. The van der Waals surface area contributed by atoms with Gasteiger partial charge in [0, 0.05) is 5.92 Å². The molecular weight excluding hydrogens is 206 g/mol. The second-order valence-electron chi connectivity index (χ2n) is 4.63. The number of nitrogens with one attached hydrogen (secondary N) is 1. The summed E-state index contributed by atoms with van der Waals surface area (Å²) in [5, 5.41) is 11.5. The van der Waals surface area contributed by atoms with E-state index in [1.54, 1.807) is 20.8 Å². The SMILES string of the molecule is C=C(C)CC(C)C(=O)N[C@H](C(=O)O)C(C)C. The van der Waals surface area contributed by atoms with Crippen molar-refractivity contribution in [2.24, 2.45) is 11.8 Å². The first-order chi connectivity index (χ1) is 7.25. The minimum Gasteiger partial charge on any atom is -0.480 e. The van der Waals surface area contributed by atoms with E-state index in [9.17, 15) is 9.59 Å². The van der Waals surface area contributed by atoms with Crippen LogP contribution in [0.1, 0.15) is 34.1 Å². The smallest absolute Gasteiger partial charge is 0.326 e. The van der Waals surface area contributed by atoms with Crippen LogP contribution >= 0.6 is 0 Å². The molecule has 0 rings (SSSR count). The van der Waals surface area contributed by atoms with Gasteiger partial charge in [-0.3, -0.25) is 4.79 Å². The van der Waals surface area contributed by atoms with Crippen LogP contribution in [0.2, 0.25) is 0 Å². The quantitative estimate of drug-likeness (QED) is 0.680. The van der Waals surface area contributed by atoms with E-state index >= 15 is 0 Å². The lowest BCUT2D eigenvalue weighted by atomic mass is 10.00. The molecule has 0 aliphatic carbocycles. The van der Waals surface area contributed by atoms with Gasteiger partial charge < -0.3 is 10.4 Å². The fourth-order valence-electron chi connectivity index (χ4n) is 1.42. The van der Waals surface area contributed by atoms with E-state index < -0.39 is 12.0 Å². The van der Waals surface area contributed by atoms with Crippen molar-refractivity contribution in [1.29, 1.82) is 0 Å². The van der Waals surface area contributed by atoms with E-state index in [1.165, 1.54) is 0 Å². The number of carbonyl (C=O) groups excluding carboxylic acids is 1. The van der Waals surface area contributed by atoms with Crippen molar-refractivity contribution in [1.82, 2.24) is 5.32 Å². The van der Waals surface area contributed by atoms with Crippen molar-refractivity contribution in [3.05, 3.63) is 12.2 Å². The Kier molecular flexibility index (Phi) is 5.78. The maximum absolute atomic E-state index is 11.7. The van der Waals surface area contributed by atoms with Crippen LogP contribution in [-0.2, 0) is 9.59 Å². The van der Waals surface area contributed by atoms with Crippen molar-refractivity contribution in [3.63, 3.8) is 0 Å². The molecule has 16 heavy (non-hydrogen) atoms. The third-order valence-corrected chi connectivity index (χ3v) is 2.33. The molecule has 0 aliphatic rings. The zero-order valence-corrected chi connectivity index (χ0v) is 10.4. The summed E-state index contributed by atoms with van der Waals surface area (Å²) in [5.74, 6) is -1.59. The largest absolute Gasteiger partial charge is 0.480 e. The highest BCUT2D eigenvalue weighted by atomic mass is 16.4. The molecule has 2 N–H and O–H groups in total. The Morgan fingerprint density at radius 3 is 2.12 bits per heavy atom. The second kappa shape index (κ2) is 6.30. The lowest BCUT2D eigenvalue weighted by molar-refractivity contribution is -0.143. The van der Waals surface area contributed by atoms with E-state index in [2.05, 4.69) is 11.9 Å². The molecule has 0 spiro atoms. The van der Waals surface area contributed by atoms with Gasteiger partial charge in [-0.15, -0.1) is 6.58 Å². The molecule has 0 fully saturated rings. The van der Waals surface area contributed by atoms with Gasteiger partial charge in [0.2, 0.25) is 5.91 Å². The van der Waals surface area contributed by atoms with Gasteiger partial charge in [0.15, 0.2) is 0 Å². The molecule has 4 nitrogen and oxygen atoms in total. The van der Waals surface area contributed by atoms with Crippen LogP contribution in [0.25, 0.3) is 0 Å². The first-order valence-electron chi connectivity index (χ1n) is 5.43. The molecule has 0 aromatic rings. The zero-order valence-electron chi connectivity index (χ0n) is 10.4. The molecule has 0 aromatic carbocycles. The molecule has 1 unspecified atom stereocenters. The monoisotopic (exact) mass is 227 g/mol. The van der Waals surface area contributed by atoms with Crippen LogP contribution in [0.15, 0.2) is 12.2 Å². The summed E-state index contributed by atoms with van der Waals surface area (Å²) >= 11 is 0. The molecule has 0 aromatic heterocycles. The summed E-state index contributed by atoms with van der Waals surface area (Å²) in [6.45, 7) is 10.9. The highest BCUT2D eigenvalue weighted by Crippen LogP contribution is 2.10. The van der Waals surface area contributed by atoms with Gasteiger partial charge in [0.25, 0.3) is 0 Å². The number of rotatable bonds is 6. The van der Waals surface area contributed by atoms with Gasteiger partial charge in [-0.25, -0.2) is 4.79 Å². The summed E-state index contributed by atoms with van der Waals surface area (Å²) in [7, 11) is 0. The standard InChI is InChI=1S/C12H21NO3/c1-7(2)6-9(5)11(14)13-10(8(3)4)12(15)16/h8-10H,1,6H2,2-5H3,(H,13,14)(H,15,16)/t9?,10-/m0/s1. The molecule has 92 valence electrons. The molecule has 0 radical (unpaired) electrons. The summed E-state index contributed by atoms with van der Waals surface area (Å²) in [5.41, 5.74) is 0.916. The molecule has 2 atom stereocenters. The molecule has 0 aliphatic heterocycles. The summed E-state index contributed by atoms with van der Waals surface area (Å²) in [6.07, 6.45) is 0.580. The molecule has 0 heterocycles. The van der Waals surface area contributed by atoms with Crippen LogP contribution in [-0.4, -0.2) is 23.0 Å². The first-order valence-corrected chi connectivity index (χ1v) is 5.43. The molecule has 0 saturated carbocycles. The Hall–Kier alpha value is -1.32. The van der Waals surface area contributed by atoms with Crippen LogP contribution < -0.4 is 5.32 Å². The maximum atomic E-state index is 11.7. The predicted molar refractivity (Wildman–Crippen MR) is 63.0 cm³/mol. The fraction of sp³-hybridized carbons (Fsp3) is 0.667. The average Bonchev–Trinajstić information content (AvgIpc) is 2.11. The number of aliphatic carboxylic acids is 1. The normalized spacial score (nSPS) is 14.3. The van der Waals surface area contributed by atoms with Crippen molar-refractivity contribution >= 4 is 11.9 Å². The molecular formula is C12H21NO3. The van der Waals surface area contributed by atoms with Gasteiger partial charge in [-0.1, -0.05) is 26.3 Å². The summed E-state index contributed by atoms with van der Waals surface area (Å²) in [6, 6.07) is -0.819. The number of hydrogen-bond acceptors (Lipinski definition) is 2. The van der Waals surface area contributed by atoms with Crippen molar-refractivity contribution < 1.29 is 14.7 Å². The Morgan fingerprint density at radius 1 is 1.31 bits per heavy atom. The van der Waals surface area contributed by atoms with Gasteiger partial charge in [-0.2, -0.15) is 0 Å². The van der Waals surface area contributed by atoms with E-state index in [1.807, 2.05) is 6.92 Å². The number of carbonyl (C=O) groups is 2. The van der Waals surface area contributed by atoms with Crippen molar-refractivity contribution in [3.8, 4) is 0 Å². The van der Waals surface area contributed by atoms with E-state index in [0.29, 0.717) is 6.42 Å². The van der Waals surface area contributed by atoms with Crippen molar-refractivity contribution in [2.45, 2.75) is 40.2 Å². The number of carboxylic acid groups (broad SMARTS) is 1. The summed E-state index contributed by atoms with van der Waals surface area (Å²) < 4.78 is 0. The Balaban J connectivity index is 4.40. The van der Waals surface area contributed by atoms with Crippen LogP contribution in [0.5, 0.6) is 0 Å². The predicted octanol–water partition coefficient (Wildman–Crippen LogP) is 1.81. The van der Waals surface area contributed by atoms with E-state index in [0.717, 1.165) is 5.57 Å². The number of allylic oxidation sites excluding steroid dienone is 1. The minimum atomic E-state index is -0.995. The Morgan fingerprint density at radius 2 is 1.81 bits per heavy atom. The lowest BCUT2D eigenvalue weighted by Crippen LogP contribution is -2.46. The van der Waals surface area contributed by atoms with E-state index in [-0.39, 0.29) is 17.7 Å². The number of hydrogen-bond donors (Lipinski definition) is 2. The topological polar surface area (TPSA) is 66.4 Å². The Bertz CT molecular complexity index is 284. The van der Waals surface area contributed by atoms with Gasteiger partial charge in [0.05, 0.1) is 0 Å².